The highest BCUT2D eigenvalue weighted by atomic mass is 79.9. The number of carbonyl (C=O) groups excluding carboxylic acids is 1. The maximum atomic E-state index is 12.5. The van der Waals surface area contributed by atoms with Gasteiger partial charge in [0.1, 0.15) is 4.88 Å². The van der Waals surface area contributed by atoms with Gasteiger partial charge in [-0.2, -0.15) is 0 Å². The van der Waals surface area contributed by atoms with Crippen molar-refractivity contribution >= 4 is 33.2 Å². The van der Waals surface area contributed by atoms with Gasteiger partial charge in [-0.3, -0.25) is 9.69 Å². The van der Waals surface area contributed by atoms with E-state index in [9.17, 15) is 4.79 Å². The minimum atomic E-state index is 0.127. The molecule has 2 aliphatic rings. The topological polar surface area (TPSA) is 45.7 Å². The van der Waals surface area contributed by atoms with Crippen molar-refractivity contribution in [3.63, 3.8) is 0 Å². The molecule has 0 aromatic carbocycles. The van der Waals surface area contributed by atoms with Gasteiger partial charge >= 0.3 is 0 Å². The highest BCUT2D eigenvalue weighted by Gasteiger charge is 2.30. The number of nitrogens with zero attached hydrogens (tertiary/aromatic N) is 3. The Morgan fingerprint density at radius 2 is 2.17 bits per heavy atom. The number of amides is 1. The number of likely N-dealkylation sites (tertiary alicyclic amines) is 2. The lowest BCUT2D eigenvalue weighted by Gasteiger charge is -2.42. The second-order valence-corrected chi connectivity index (χ2v) is 8.77. The number of methoxy groups -OCH3 is 1. The molecular formula is C16H24BrN3O2S. The van der Waals surface area contributed by atoms with Gasteiger partial charge < -0.3 is 9.64 Å². The third kappa shape index (κ3) is 4.32. The Hall–Kier alpha value is -0.500. The Morgan fingerprint density at radius 3 is 2.83 bits per heavy atom. The van der Waals surface area contributed by atoms with Crippen LogP contribution >= 0.6 is 27.3 Å². The zero-order valence-corrected chi connectivity index (χ0v) is 15.9. The predicted octanol–water partition coefficient (Wildman–Crippen LogP) is 2.87. The van der Waals surface area contributed by atoms with Crippen LogP contribution in [0.3, 0.4) is 0 Å². The van der Waals surface area contributed by atoms with Crippen LogP contribution in [0.5, 0.6) is 0 Å². The number of aromatic nitrogens is 1. The third-order valence-corrected chi connectivity index (χ3v) is 6.37. The Kier molecular flexibility index (Phi) is 6.07. The van der Waals surface area contributed by atoms with E-state index in [0.717, 1.165) is 47.9 Å². The summed E-state index contributed by atoms with van der Waals surface area (Å²) in [7, 11) is 1.79. The summed E-state index contributed by atoms with van der Waals surface area (Å²) in [4.78, 5) is 21.9. The maximum Gasteiger partial charge on any atom is 0.265 e. The lowest BCUT2D eigenvalue weighted by Crippen LogP contribution is -2.50. The van der Waals surface area contributed by atoms with Crippen molar-refractivity contribution < 1.29 is 9.53 Å². The van der Waals surface area contributed by atoms with Gasteiger partial charge in [-0.25, -0.2) is 4.98 Å². The van der Waals surface area contributed by atoms with Crippen molar-refractivity contribution in [2.45, 2.75) is 31.7 Å². The smallest absolute Gasteiger partial charge is 0.265 e. The molecule has 1 atom stereocenters. The minimum absolute atomic E-state index is 0.127. The second kappa shape index (κ2) is 8.05. The molecule has 1 amide bonds. The fraction of sp³-hybridized carbons (Fsp3) is 0.750. The number of ether oxygens (including phenoxy) is 1. The highest BCUT2D eigenvalue weighted by Crippen LogP contribution is 2.26. The van der Waals surface area contributed by atoms with E-state index in [4.69, 9.17) is 4.74 Å². The molecule has 5 nitrogen and oxygen atoms in total. The van der Waals surface area contributed by atoms with E-state index in [2.05, 4.69) is 25.8 Å². The highest BCUT2D eigenvalue weighted by molar-refractivity contribution is 9.11. The van der Waals surface area contributed by atoms with Crippen LogP contribution in [0.25, 0.3) is 0 Å². The maximum absolute atomic E-state index is 12.5. The van der Waals surface area contributed by atoms with Crippen molar-refractivity contribution in [3.8, 4) is 0 Å². The Labute approximate surface area is 150 Å². The molecule has 0 N–H and O–H groups in total. The largest absolute Gasteiger partial charge is 0.384 e. The van der Waals surface area contributed by atoms with E-state index in [-0.39, 0.29) is 5.91 Å². The minimum Gasteiger partial charge on any atom is -0.384 e. The van der Waals surface area contributed by atoms with Crippen LogP contribution < -0.4 is 0 Å². The molecule has 0 radical (unpaired) electrons. The molecule has 0 saturated carbocycles. The lowest BCUT2D eigenvalue weighted by atomic mass is 9.94. The zero-order chi connectivity index (χ0) is 16.2. The first-order valence-electron chi connectivity index (χ1n) is 8.31. The van der Waals surface area contributed by atoms with E-state index < -0.39 is 0 Å². The molecule has 1 aromatic rings. The molecule has 128 valence electrons. The van der Waals surface area contributed by atoms with Crippen molar-refractivity contribution in [1.82, 2.24) is 14.8 Å². The molecule has 7 heteroatoms. The average Bonchev–Trinajstić information content (AvgIpc) is 3.01. The standard InChI is InChI=1S/C16H24BrN3O2S/c1-22-11-12-3-2-6-20(10-12)13-4-7-19(8-5-13)15(21)14-9-18-16(17)23-14/h9,12-13H,2-8,10-11H2,1H3. The van der Waals surface area contributed by atoms with E-state index in [1.54, 1.807) is 13.3 Å². The summed E-state index contributed by atoms with van der Waals surface area (Å²) in [5.41, 5.74) is 0. The van der Waals surface area contributed by atoms with Crippen LogP contribution in [-0.4, -0.2) is 66.6 Å². The van der Waals surface area contributed by atoms with Gasteiger partial charge in [-0.05, 0) is 54.1 Å². The summed E-state index contributed by atoms with van der Waals surface area (Å²) < 4.78 is 6.10. The molecule has 0 aliphatic carbocycles. The summed E-state index contributed by atoms with van der Waals surface area (Å²) in [5.74, 6) is 0.797. The molecule has 23 heavy (non-hydrogen) atoms. The SMILES string of the molecule is COCC1CCCN(C2CCN(C(=O)c3cnc(Br)s3)CC2)C1. The molecule has 1 aromatic heterocycles. The summed E-state index contributed by atoms with van der Waals surface area (Å²) in [6.45, 7) is 4.91. The zero-order valence-electron chi connectivity index (χ0n) is 13.5. The van der Waals surface area contributed by atoms with Gasteiger partial charge in [0.2, 0.25) is 0 Å². The second-order valence-electron chi connectivity index (χ2n) is 6.46. The Morgan fingerprint density at radius 1 is 1.39 bits per heavy atom. The predicted molar refractivity (Wildman–Crippen MR) is 94.9 cm³/mol. The first-order valence-corrected chi connectivity index (χ1v) is 9.92. The Bertz CT molecular complexity index is 529. The van der Waals surface area contributed by atoms with Crippen LogP contribution in [0.15, 0.2) is 10.1 Å². The number of hydrogen-bond acceptors (Lipinski definition) is 5. The number of rotatable bonds is 4. The van der Waals surface area contributed by atoms with Gasteiger partial charge in [0.25, 0.3) is 5.91 Å². The average molecular weight is 402 g/mol. The number of hydrogen-bond donors (Lipinski definition) is 0. The van der Waals surface area contributed by atoms with E-state index in [1.165, 1.54) is 30.7 Å². The van der Waals surface area contributed by atoms with Crippen molar-refractivity contribution in [3.05, 3.63) is 15.0 Å². The molecule has 0 bridgehead atoms. The molecule has 0 spiro atoms. The Balaban J connectivity index is 1.51. The summed E-state index contributed by atoms with van der Waals surface area (Å²) in [6.07, 6.45) is 6.37. The van der Waals surface area contributed by atoms with Crippen LogP contribution in [0.2, 0.25) is 0 Å². The van der Waals surface area contributed by atoms with Crippen LogP contribution in [0.1, 0.15) is 35.4 Å². The van der Waals surface area contributed by atoms with E-state index in [0.29, 0.717) is 12.0 Å². The number of carbonyl (C=O) groups is 1. The summed E-state index contributed by atoms with van der Waals surface area (Å²) in [6, 6.07) is 0.618. The third-order valence-electron chi connectivity index (χ3n) is 4.91. The van der Waals surface area contributed by atoms with Gasteiger partial charge in [0.15, 0.2) is 3.92 Å². The fourth-order valence-electron chi connectivity index (χ4n) is 3.74. The summed E-state index contributed by atoms with van der Waals surface area (Å²) >= 11 is 4.74. The first kappa shape index (κ1) is 17.3. The van der Waals surface area contributed by atoms with E-state index >= 15 is 0 Å². The molecule has 1 unspecified atom stereocenters. The van der Waals surface area contributed by atoms with Crippen LogP contribution in [0, 0.1) is 5.92 Å². The molecule has 3 heterocycles. The van der Waals surface area contributed by atoms with Gasteiger partial charge in [-0.15, -0.1) is 11.3 Å². The number of thiazole rings is 1. The molecule has 2 saturated heterocycles. The van der Waals surface area contributed by atoms with Crippen molar-refractivity contribution in [1.29, 1.82) is 0 Å². The molecular weight excluding hydrogens is 378 g/mol. The van der Waals surface area contributed by atoms with Gasteiger partial charge in [0, 0.05) is 32.8 Å². The van der Waals surface area contributed by atoms with Crippen LogP contribution in [0.4, 0.5) is 0 Å². The molecule has 2 fully saturated rings. The first-order chi connectivity index (χ1) is 11.2. The van der Waals surface area contributed by atoms with Gasteiger partial charge in [0.05, 0.1) is 12.8 Å². The van der Waals surface area contributed by atoms with Crippen molar-refractivity contribution in [2.24, 2.45) is 5.92 Å². The summed E-state index contributed by atoms with van der Waals surface area (Å²) in [5, 5.41) is 0. The molecule has 2 aliphatic heterocycles. The van der Waals surface area contributed by atoms with E-state index in [1.807, 2.05) is 4.90 Å². The normalized spacial score (nSPS) is 24.1. The number of halogens is 1. The monoisotopic (exact) mass is 401 g/mol. The fourth-order valence-corrected chi connectivity index (χ4v) is 4.98. The quantitative estimate of drug-likeness (QED) is 0.777. The lowest BCUT2D eigenvalue weighted by molar-refractivity contribution is 0.0392. The molecule has 3 rings (SSSR count). The van der Waals surface area contributed by atoms with Gasteiger partial charge in [-0.1, -0.05) is 0 Å². The van der Waals surface area contributed by atoms with Crippen LogP contribution in [-0.2, 0) is 4.74 Å². The number of piperidine rings is 2. The van der Waals surface area contributed by atoms with Crippen molar-refractivity contribution in [2.75, 3.05) is 39.9 Å².